The summed E-state index contributed by atoms with van der Waals surface area (Å²) in [5, 5.41) is 2.32. The van der Waals surface area contributed by atoms with E-state index in [4.69, 9.17) is 4.42 Å². The summed E-state index contributed by atoms with van der Waals surface area (Å²) in [7, 11) is 0. The molecule has 0 fully saturated rings. The number of para-hydroxylation sites is 1. The Morgan fingerprint density at radius 2 is 0.864 bits per heavy atom. The molecule has 2 aliphatic rings. The highest BCUT2D eigenvalue weighted by Crippen LogP contribution is 2.64. The van der Waals surface area contributed by atoms with Gasteiger partial charge in [0.25, 0.3) is 0 Å². The summed E-state index contributed by atoms with van der Waals surface area (Å²) in [6.45, 7) is 0. The molecule has 0 amide bonds. The molecular weight excluding hydrogens is 797 g/mol. The lowest BCUT2D eigenvalue weighted by Gasteiger charge is -2.30. The number of hydrogen-bond donors (Lipinski definition) is 0. The van der Waals surface area contributed by atoms with Crippen LogP contribution < -0.4 is 0 Å². The normalized spacial score (nSPS) is 14.9. The van der Waals surface area contributed by atoms with E-state index in [0.29, 0.717) is 0 Å². The molecule has 2 unspecified atom stereocenters. The van der Waals surface area contributed by atoms with Crippen LogP contribution in [-0.4, -0.2) is 0 Å². The highest BCUT2D eigenvalue weighted by molar-refractivity contribution is 6.13. The first-order valence-corrected chi connectivity index (χ1v) is 23.3. The van der Waals surface area contributed by atoms with Crippen LogP contribution in [0.5, 0.6) is 0 Å². The molecule has 0 saturated heterocycles. The second-order valence-electron chi connectivity index (χ2n) is 18.3. The molecule has 1 heterocycles. The molecule has 1 nitrogen and oxygen atoms in total. The number of fused-ring (bicyclic) bond motifs is 14. The highest BCUT2D eigenvalue weighted by atomic mass is 16.3. The van der Waals surface area contributed by atoms with Gasteiger partial charge in [-0.3, -0.25) is 0 Å². The van der Waals surface area contributed by atoms with E-state index in [1.165, 1.54) is 89.0 Å². The van der Waals surface area contributed by atoms with Crippen molar-refractivity contribution in [2.24, 2.45) is 0 Å². The Hall–Kier alpha value is -8.00. The van der Waals surface area contributed by atoms with E-state index < -0.39 is 5.41 Å². The maximum absolute atomic E-state index is 6.80. The Morgan fingerprint density at radius 1 is 0.333 bits per heavy atom. The number of hydrogen-bond acceptors (Lipinski definition) is 1. The lowest BCUT2D eigenvalue weighted by atomic mass is 9.70. The van der Waals surface area contributed by atoms with Gasteiger partial charge in [-0.2, -0.15) is 0 Å². The van der Waals surface area contributed by atoms with Crippen LogP contribution in [0.1, 0.15) is 67.5 Å². The van der Waals surface area contributed by atoms with Crippen LogP contribution in [0.4, 0.5) is 0 Å². The predicted molar refractivity (Wildman–Crippen MR) is 272 cm³/mol. The average Bonchev–Trinajstić information content (AvgIpc) is 4.02. The van der Waals surface area contributed by atoms with Crippen LogP contribution in [0.3, 0.4) is 0 Å². The molecule has 2 aliphatic carbocycles. The van der Waals surface area contributed by atoms with Gasteiger partial charge >= 0.3 is 0 Å². The number of furan rings is 1. The minimum Gasteiger partial charge on any atom is -0.455 e. The SMILES string of the molecule is c1ccc(CC(c2ccccc2)c2cc(CC(c3ccccc3)c3ccccc3)cc(-c3ccc4c(c3)-c3ccccc3C43c4ccccc4-c4c3ccc3c4oc4ccccc43)c2)cc1. The van der Waals surface area contributed by atoms with Crippen molar-refractivity contribution in [1.82, 2.24) is 0 Å². The molecule has 312 valence electrons. The zero-order valence-electron chi connectivity index (χ0n) is 36.6. The zero-order chi connectivity index (χ0) is 43.6. The molecule has 1 aromatic heterocycles. The molecule has 0 saturated carbocycles. The van der Waals surface area contributed by atoms with E-state index in [0.717, 1.165) is 34.8 Å². The molecule has 13 rings (SSSR count). The minimum atomic E-state index is -0.483. The van der Waals surface area contributed by atoms with E-state index in [9.17, 15) is 0 Å². The van der Waals surface area contributed by atoms with Crippen molar-refractivity contribution in [2.45, 2.75) is 30.1 Å². The van der Waals surface area contributed by atoms with Crippen LogP contribution in [-0.2, 0) is 18.3 Å². The van der Waals surface area contributed by atoms with Crippen LogP contribution in [0.2, 0.25) is 0 Å². The maximum atomic E-state index is 6.80. The third-order valence-electron chi connectivity index (χ3n) is 14.7. The van der Waals surface area contributed by atoms with Crippen LogP contribution in [0, 0.1) is 0 Å². The second-order valence-corrected chi connectivity index (χ2v) is 18.3. The minimum absolute atomic E-state index is 0.166. The second kappa shape index (κ2) is 15.6. The van der Waals surface area contributed by atoms with Gasteiger partial charge in [0, 0.05) is 28.2 Å². The topological polar surface area (TPSA) is 13.1 Å². The van der Waals surface area contributed by atoms with Crippen molar-refractivity contribution in [3.63, 3.8) is 0 Å². The van der Waals surface area contributed by atoms with Gasteiger partial charge in [-0.05, 0) is 108 Å². The fourth-order valence-corrected chi connectivity index (χ4v) is 11.8. The molecule has 66 heavy (non-hydrogen) atoms. The largest absolute Gasteiger partial charge is 0.455 e. The zero-order valence-corrected chi connectivity index (χ0v) is 36.6. The lowest BCUT2D eigenvalue weighted by molar-refractivity contribution is 0.669. The smallest absolute Gasteiger partial charge is 0.143 e. The molecular formula is C65H46O. The maximum Gasteiger partial charge on any atom is 0.143 e. The van der Waals surface area contributed by atoms with Crippen molar-refractivity contribution >= 4 is 21.9 Å². The molecule has 1 heteroatoms. The van der Waals surface area contributed by atoms with Gasteiger partial charge in [-0.15, -0.1) is 0 Å². The van der Waals surface area contributed by atoms with Crippen LogP contribution >= 0.6 is 0 Å². The Bertz CT molecular complexity index is 3550. The fourth-order valence-electron chi connectivity index (χ4n) is 11.8. The standard InChI is InChI=1S/C65H46O/c1-5-19-43(20-6-1)39-56(47-25-11-4-12-26-47)50-38-44(40-55(45-21-7-2-8-22-45)46-23-9-3-10-24-46)37-49(41-50)48-33-35-60-57(42-48)51-27-13-16-30-58(51)65(60)59-31-17-14-29-54(59)63-61(65)36-34-53-52-28-15-18-32-62(52)66-64(53)63/h1-38,41-42,55-56H,39-40H2. The molecule has 0 N–H and O–H groups in total. The van der Waals surface area contributed by atoms with Gasteiger partial charge in [-0.25, -0.2) is 0 Å². The highest BCUT2D eigenvalue weighted by Gasteiger charge is 2.52. The summed E-state index contributed by atoms with van der Waals surface area (Å²) in [5.41, 5.74) is 22.2. The van der Waals surface area contributed by atoms with Gasteiger partial charge in [0.15, 0.2) is 0 Å². The Morgan fingerprint density at radius 3 is 1.56 bits per heavy atom. The van der Waals surface area contributed by atoms with Crippen molar-refractivity contribution in [3.05, 3.63) is 298 Å². The van der Waals surface area contributed by atoms with E-state index in [1.807, 2.05) is 0 Å². The summed E-state index contributed by atoms with van der Waals surface area (Å²) in [4.78, 5) is 0. The molecule has 0 radical (unpaired) electrons. The summed E-state index contributed by atoms with van der Waals surface area (Å²) in [6.07, 6.45) is 1.79. The van der Waals surface area contributed by atoms with Crippen molar-refractivity contribution in [1.29, 1.82) is 0 Å². The first kappa shape index (κ1) is 38.5. The molecule has 11 aromatic rings. The van der Waals surface area contributed by atoms with Crippen LogP contribution in [0.15, 0.2) is 247 Å². The van der Waals surface area contributed by atoms with E-state index >= 15 is 0 Å². The molecule has 2 atom stereocenters. The summed E-state index contributed by atoms with van der Waals surface area (Å²) >= 11 is 0. The first-order chi connectivity index (χ1) is 32.7. The summed E-state index contributed by atoms with van der Waals surface area (Å²) < 4.78 is 6.80. The van der Waals surface area contributed by atoms with E-state index in [2.05, 4.69) is 243 Å². The molecule has 0 bridgehead atoms. The Kier molecular flexibility index (Phi) is 9.10. The van der Waals surface area contributed by atoms with Gasteiger partial charge in [0.1, 0.15) is 11.2 Å². The third kappa shape index (κ3) is 6.07. The predicted octanol–water partition coefficient (Wildman–Crippen LogP) is 16.3. The fraction of sp³-hybridized carbons (Fsp3) is 0.0769. The summed E-state index contributed by atoms with van der Waals surface area (Å²) in [6, 6.07) is 90.3. The van der Waals surface area contributed by atoms with Gasteiger partial charge in [0.05, 0.1) is 5.41 Å². The van der Waals surface area contributed by atoms with Crippen molar-refractivity contribution in [2.75, 3.05) is 0 Å². The monoisotopic (exact) mass is 842 g/mol. The lowest BCUT2D eigenvalue weighted by Crippen LogP contribution is -2.25. The first-order valence-electron chi connectivity index (χ1n) is 23.3. The average molecular weight is 843 g/mol. The van der Waals surface area contributed by atoms with Gasteiger partial charge < -0.3 is 4.42 Å². The van der Waals surface area contributed by atoms with Crippen molar-refractivity contribution in [3.8, 4) is 33.4 Å². The number of rotatable bonds is 9. The van der Waals surface area contributed by atoms with Gasteiger partial charge in [0.2, 0.25) is 0 Å². The molecule has 1 spiro atoms. The third-order valence-corrected chi connectivity index (χ3v) is 14.7. The number of benzene rings is 10. The quantitative estimate of drug-likeness (QED) is 0.141. The molecule has 0 aliphatic heterocycles. The molecule has 10 aromatic carbocycles. The van der Waals surface area contributed by atoms with Crippen LogP contribution in [0.25, 0.3) is 55.3 Å². The summed E-state index contributed by atoms with van der Waals surface area (Å²) in [5.74, 6) is 0.367. The van der Waals surface area contributed by atoms with Gasteiger partial charge in [-0.1, -0.05) is 231 Å². The van der Waals surface area contributed by atoms with Crippen molar-refractivity contribution < 1.29 is 4.42 Å². The van der Waals surface area contributed by atoms with E-state index in [1.54, 1.807) is 0 Å². The Labute approximate surface area is 386 Å². The Balaban J connectivity index is 1.01. The van der Waals surface area contributed by atoms with E-state index in [-0.39, 0.29) is 11.8 Å².